The molecule has 5 aromatic rings. The lowest BCUT2D eigenvalue weighted by Gasteiger charge is -2.10. The SMILES string of the molecule is CCC1OC1CCOc1ccc(-c2ccc(Oc3ccnc(Oc4ccc(-c5ccc(OCCC6OC6CC)cc5)cc4)c3)cc2)cc1. The van der Waals surface area contributed by atoms with Crippen molar-refractivity contribution in [2.45, 2.75) is 63.9 Å². The van der Waals surface area contributed by atoms with E-state index in [0.717, 1.165) is 65.2 Å². The average molecular weight is 644 g/mol. The van der Waals surface area contributed by atoms with Crippen LogP contribution >= 0.6 is 0 Å². The zero-order chi connectivity index (χ0) is 32.7. The van der Waals surface area contributed by atoms with Gasteiger partial charge in [0, 0.05) is 25.1 Å². The maximum Gasteiger partial charge on any atom is 0.222 e. The first-order valence-corrected chi connectivity index (χ1v) is 16.9. The van der Waals surface area contributed by atoms with Gasteiger partial charge in [0.15, 0.2) is 0 Å². The highest BCUT2D eigenvalue weighted by Gasteiger charge is 2.37. The zero-order valence-corrected chi connectivity index (χ0v) is 27.4. The molecule has 0 N–H and O–H groups in total. The van der Waals surface area contributed by atoms with Crippen LogP contribution in [0.15, 0.2) is 115 Å². The van der Waals surface area contributed by atoms with Crippen LogP contribution in [0, 0.1) is 0 Å². The number of pyridine rings is 1. The molecule has 4 unspecified atom stereocenters. The van der Waals surface area contributed by atoms with Crippen LogP contribution in [-0.2, 0) is 9.47 Å². The molecular formula is C41H41NO6. The molecule has 0 amide bonds. The third kappa shape index (κ3) is 8.35. The summed E-state index contributed by atoms with van der Waals surface area (Å²) in [4.78, 5) is 4.37. The molecule has 4 atom stereocenters. The summed E-state index contributed by atoms with van der Waals surface area (Å²) in [5.41, 5.74) is 4.41. The lowest BCUT2D eigenvalue weighted by Crippen LogP contribution is -2.03. The van der Waals surface area contributed by atoms with Crippen molar-refractivity contribution in [3.8, 4) is 56.9 Å². The van der Waals surface area contributed by atoms with Gasteiger partial charge >= 0.3 is 0 Å². The average Bonchev–Trinajstić information content (AvgIpc) is 4.06. The van der Waals surface area contributed by atoms with E-state index >= 15 is 0 Å². The zero-order valence-electron chi connectivity index (χ0n) is 27.4. The second kappa shape index (κ2) is 14.9. The molecule has 2 saturated heterocycles. The van der Waals surface area contributed by atoms with E-state index in [1.165, 1.54) is 0 Å². The molecule has 1 aromatic heterocycles. The van der Waals surface area contributed by atoms with Gasteiger partial charge in [0.2, 0.25) is 5.88 Å². The Kier molecular flexibility index (Phi) is 9.87. The van der Waals surface area contributed by atoms with Crippen molar-refractivity contribution in [2.24, 2.45) is 0 Å². The predicted molar refractivity (Wildman–Crippen MR) is 186 cm³/mol. The molecule has 7 heteroatoms. The number of hydrogen-bond acceptors (Lipinski definition) is 7. The first-order valence-electron chi connectivity index (χ1n) is 16.9. The lowest BCUT2D eigenvalue weighted by molar-refractivity contribution is 0.280. The molecule has 3 heterocycles. The van der Waals surface area contributed by atoms with Gasteiger partial charge in [-0.15, -0.1) is 0 Å². The van der Waals surface area contributed by atoms with Gasteiger partial charge in [0.05, 0.1) is 37.6 Å². The molecule has 0 aliphatic carbocycles. The van der Waals surface area contributed by atoms with Crippen molar-refractivity contribution in [1.82, 2.24) is 4.98 Å². The summed E-state index contributed by atoms with van der Waals surface area (Å²) in [5.74, 6) is 4.26. The first-order chi connectivity index (χ1) is 23.6. The second-order valence-electron chi connectivity index (χ2n) is 12.1. The number of ether oxygens (including phenoxy) is 6. The highest BCUT2D eigenvalue weighted by Crippen LogP contribution is 2.32. The Balaban J connectivity index is 0.884. The summed E-state index contributed by atoms with van der Waals surface area (Å²) in [6.45, 7) is 5.65. The van der Waals surface area contributed by atoms with Crippen LogP contribution in [0.4, 0.5) is 0 Å². The molecule has 2 aliphatic rings. The summed E-state index contributed by atoms with van der Waals surface area (Å²) in [5, 5.41) is 0. The smallest absolute Gasteiger partial charge is 0.222 e. The molecule has 7 nitrogen and oxygen atoms in total. The van der Waals surface area contributed by atoms with E-state index in [-0.39, 0.29) is 0 Å². The van der Waals surface area contributed by atoms with Crippen molar-refractivity contribution in [2.75, 3.05) is 13.2 Å². The largest absolute Gasteiger partial charge is 0.493 e. The van der Waals surface area contributed by atoms with E-state index in [2.05, 4.69) is 43.1 Å². The molecule has 2 aliphatic heterocycles. The van der Waals surface area contributed by atoms with Crippen molar-refractivity contribution in [3.63, 3.8) is 0 Å². The van der Waals surface area contributed by atoms with Crippen LogP contribution in [0.2, 0.25) is 0 Å². The summed E-state index contributed by atoms with van der Waals surface area (Å²) >= 11 is 0. The molecule has 7 rings (SSSR count). The Labute approximate surface area is 282 Å². The predicted octanol–water partition coefficient (Wildman–Crippen LogP) is 9.89. The van der Waals surface area contributed by atoms with Gasteiger partial charge in [-0.05, 0) is 89.7 Å². The Bertz CT molecular complexity index is 1630. The van der Waals surface area contributed by atoms with Gasteiger partial charge in [-0.2, -0.15) is 0 Å². The monoisotopic (exact) mass is 643 g/mol. The number of nitrogens with zero attached hydrogens (tertiary/aromatic N) is 1. The molecular weight excluding hydrogens is 602 g/mol. The molecule has 4 aromatic carbocycles. The second-order valence-corrected chi connectivity index (χ2v) is 12.1. The molecule has 2 fully saturated rings. The van der Waals surface area contributed by atoms with Gasteiger partial charge in [-0.3, -0.25) is 0 Å². The minimum Gasteiger partial charge on any atom is -0.493 e. The van der Waals surface area contributed by atoms with Gasteiger partial charge in [0.1, 0.15) is 28.7 Å². The summed E-state index contributed by atoms with van der Waals surface area (Å²) in [6.07, 6.45) is 7.25. The maximum absolute atomic E-state index is 6.12. The highest BCUT2D eigenvalue weighted by molar-refractivity contribution is 5.66. The molecule has 48 heavy (non-hydrogen) atoms. The number of hydrogen-bond donors (Lipinski definition) is 0. The van der Waals surface area contributed by atoms with Crippen LogP contribution in [0.1, 0.15) is 39.5 Å². The fraction of sp³-hybridized carbons (Fsp3) is 0.293. The standard InChI is InChI=1S/C41H41NO6/c1-3-37-39(47-37)22-25-43-32-13-5-28(6-14-32)30-9-17-34(18-10-30)45-36-21-24-42-41(27-36)46-35-19-11-31(12-20-35)29-7-15-33(16-8-29)44-26-23-40-38(4-2)48-40/h5-21,24,27,37-40H,3-4,22-23,25-26H2,1-2H3. The molecule has 0 radical (unpaired) electrons. The third-order valence-electron chi connectivity index (χ3n) is 8.77. The Hall–Kier alpha value is -4.85. The highest BCUT2D eigenvalue weighted by atomic mass is 16.6. The van der Waals surface area contributed by atoms with E-state index in [0.29, 0.717) is 55.0 Å². The van der Waals surface area contributed by atoms with Gasteiger partial charge in [-0.25, -0.2) is 4.98 Å². The fourth-order valence-corrected chi connectivity index (χ4v) is 5.86. The Morgan fingerprint density at radius 3 is 1.31 bits per heavy atom. The number of aromatic nitrogens is 1. The summed E-state index contributed by atoms with van der Waals surface area (Å²) in [7, 11) is 0. The molecule has 0 saturated carbocycles. The van der Waals surface area contributed by atoms with Crippen molar-refractivity contribution in [1.29, 1.82) is 0 Å². The van der Waals surface area contributed by atoms with Crippen LogP contribution in [0.3, 0.4) is 0 Å². The van der Waals surface area contributed by atoms with Gasteiger partial charge in [-0.1, -0.05) is 62.4 Å². The third-order valence-corrected chi connectivity index (χ3v) is 8.77. The van der Waals surface area contributed by atoms with E-state index in [9.17, 15) is 0 Å². The lowest BCUT2D eigenvalue weighted by atomic mass is 10.1. The normalized spacial score (nSPS) is 19.4. The topological polar surface area (TPSA) is 74.9 Å². The van der Waals surface area contributed by atoms with Gasteiger partial charge in [0.25, 0.3) is 0 Å². The number of epoxide rings is 2. The van der Waals surface area contributed by atoms with E-state index in [1.807, 2.05) is 78.9 Å². The fourth-order valence-electron chi connectivity index (χ4n) is 5.86. The van der Waals surface area contributed by atoms with E-state index < -0.39 is 0 Å². The van der Waals surface area contributed by atoms with E-state index in [1.54, 1.807) is 12.3 Å². The van der Waals surface area contributed by atoms with E-state index in [4.69, 9.17) is 28.4 Å². The quantitative estimate of drug-likeness (QED) is 0.0991. The van der Waals surface area contributed by atoms with Gasteiger partial charge < -0.3 is 28.4 Å². The molecule has 246 valence electrons. The summed E-state index contributed by atoms with van der Waals surface area (Å²) in [6, 6.07) is 35.9. The minimum atomic E-state index is 0.362. The first kappa shape index (κ1) is 31.7. The van der Waals surface area contributed by atoms with Crippen LogP contribution in [0.25, 0.3) is 22.3 Å². The molecule has 0 spiro atoms. The molecule has 0 bridgehead atoms. The van der Waals surface area contributed by atoms with Crippen molar-refractivity contribution >= 4 is 0 Å². The maximum atomic E-state index is 6.12. The van der Waals surface area contributed by atoms with Crippen LogP contribution in [-0.4, -0.2) is 42.6 Å². The van der Waals surface area contributed by atoms with Crippen molar-refractivity contribution < 1.29 is 28.4 Å². The number of benzene rings is 4. The Morgan fingerprint density at radius 1 is 0.479 bits per heavy atom. The Morgan fingerprint density at radius 2 is 0.896 bits per heavy atom. The van der Waals surface area contributed by atoms with Crippen LogP contribution < -0.4 is 18.9 Å². The number of rotatable bonds is 16. The summed E-state index contributed by atoms with van der Waals surface area (Å²) < 4.78 is 35.1. The van der Waals surface area contributed by atoms with Crippen LogP contribution in [0.5, 0.6) is 34.6 Å². The van der Waals surface area contributed by atoms with Crippen molar-refractivity contribution in [3.05, 3.63) is 115 Å². The minimum absolute atomic E-state index is 0.362.